The topological polar surface area (TPSA) is 50.4 Å². The number of carbonyl (C=O) groups is 1. The quantitative estimate of drug-likeness (QED) is 0.599. The van der Waals surface area contributed by atoms with E-state index >= 15 is 0 Å². The van der Waals surface area contributed by atoms with Gasteiger partial charge in [0.25, 0.3) is 5.76 Å². The first-order valence-electron chi connectivity index (χ1n) is 5.80. The summed E-state index contributed by atoms with van der Waals surface area (Å²) in [5, 5.41) is 5.11. The van der Waals surface area contributed by atoms with E-state index in [-0.39, 0.29) is 0 Å². The minimum Gasteiger partial charge on any atom is -0.380 e. The third-order valence-electron chi connectivity index (χ3n) is 2.09. The number of rotatable bonds is 7. The lowest BCUT2D eigenvalue weighted by atomic mass is 10.3. The Balaban J connectivity index is 2.49. The van der Waals surface area contributed by atoms with Crippen LogP contribution in [-0.2, 0) is 4.74 Å². The van der Waals surface area contributed by atoms with Gasteiger partial charge in [-0.25, -0.2) is 4.79 Å². The molecular weight excluding hydrogens is 274 g/mol. The maximum Gasteiger partial charge on any atom is 0.319 e. The second-order valence-electron chi connectivity index (χ2n) is 3.45. The SMILES string of the molecule is CCOCCNC(=O)Nc1ccccc1SC(F)F. The second-order valence-corrected chi connectivity index (χ2v) is 4.48. The highest BCUT2D eigenvalue weighted by Gasteiger charge is 2.11. The Morgan fingerprint density at radius 3 is 2.84 bits per heavy atom. The van der Waals surface area contributed by atoms with Crippen LogP contribution in [0.3, 0.4) is 0 Å². The second kappa shape index (κ2) is 8.71. The van der Waals surface area contributed by atoms with Crippen molar-refractivity contribution >= 4 is 23.5 Å². The van der Waals surface area contributed by atoms with Crippen molar-refractivity contribution in [1.29, 1.82) is 0 Å². The van der Waals surface area contributed by atoms with E-state index in [9.17, 15) is 13.6 Å². The first-order chi connectivity index (χ1) is 9.13. The van der Waals surface area contributed by atoms with Gasteiger partial charge in [0.15, 0.2) is 0 Å². The van der Waals surface area contributed by atoms with Crippen LogP contribution in [0, 0.1) is 0 Å². The molecule has 0 saturated heterocycles. The van der Waals surface area contributed by atoms with Crippen LogP contribution in [0.25, 0.3) is 0 Å². The zero-order chi connectivity index (χ0) is 14.1. The van der Waals surface area contributed by atoms with Crippen molar-refractivity contribution in [3.05, 3.63) is 24.3 Å². The summed E-state index contributed by atoms with van der Waals surface area (Å²) >= 11 is 0.398. The average Bonchev–Trinajstić information content (AvgIpc) is 2.36. The molecule has 0 fully saturated rings. The van der Waals surface area contributed by atoms with Gasteiger partial charge >= 0.3 is 6.03 Å². The molecule has 1 aromatic carbocycles. The number of carbonyl (C=O) groups excluding carboxylic acids is 1. The summed E-state index contributed by atoms with van der Waals surface area (Å²) in [6.45, 7) is 3.22. The summed E-state index contributed by atoms with van der Waals surface area (Å²) in [6, 6.07) is 5.98. The number of anilines is 1. The number of nitrogens with one attached hydrogen (secondary N) is 2. The smallest absolute Gasteiger partial charge is 0.319 e. The molecule has 0 aliphatic heterocycles. The number of hydrogen-bond donors (Lipinski definition) is 2. The summed E-state index contributed by atoms with van der Waals surface area (Å²) in [5.41, 5.74) is 0.363. The van der Waals surface area contributed by atoms with E-state index in [0.717, 1.165) is 0 Å². The van der Waals surface area contributed by atoms with Crippen molar-refractivity contribution in [2.24, 2.45) is 0 Å². The van der Waals surface area contributed by atoms with Gasteiger partial charge in [0, 0.05) is 18.0 Å². The van der Waals surface area contributed by atoms with E-state index in [1.54, 1.807) is 18.2 Å². The summed E-state index contributed by atoms with van der Waals surface area (Å²) in [4.78, 5) is 11.9. The van der Waals surface area contributed by atoms with Crippen LogP contribution in [0.15, 0.2) is 29.2 Å². The van der Waals surface area contributed by atoms with E-state index in [2.05, 4.69) is 10.6 Å². The van der Waals surface area contributed by atoms with Crippen LogP contribution in [0.2, 0.25) is 0 Å². The maximum absolute atomic E-state index is 12.3. The molecule has 0 saturated carbocycles. The monoisotopic (exact) mass is 290 g/mol. The summed E-state index contributed by atoms with van der Waals surface area (Å²) in [7, 11) is 0. The van der Waals surface area contributed by atoms with Crippen LogP contribution in [-0.4, -0.2) is 31.5 Å². The largest absolute Gasteiger partial charge is 0.380 e. The summed E-state index contributed by atoms with van der Waals surface area (Å²) < 4.78 is 29.8. The minimum absolute atomic E-state index is 0.331. The van der Waals surface area contributed by atoms with Crippen molar-refractivity contribution in [2.45, 2.75) is 17.6 Å². The van der Waals surface area contributed by atoms with Crippen molar-refractivity contribution in [2.75, 3.05) is 25.1 Å². The lowest BCUT2D eigenvalue weighted by Gasteiger charge is -2.11. The number of para-hydroxylation sites is 1. The third kappa shape index (κ3) is 6.40. The number of alkyl halides is 2. The third-order valence-corrected chi connectivity index (χ3v) is 2.88. The van der Waals surface area contributed by atoms with Crippen molar-refractivity contribution in [1.82, 2.24) is 5.32 Å². The predicted octanol–water partition coefficient (Wildman–Crippen LogP) is 3.16. The number of halogens is 2. The molecule has 106 valence electrons. The van der Waals surface area contributed by atoms with Crippen LogP contribution in [0.4, 0.5) is 19.3 Å². The van der Waals surface area contributed by atoms with Gasteiger partial charge in [-0.1, -0.05) is 23.9 Å². The molecule has 0 bridgehead atoms. The van der Waals surface area contributed by atoms with Crippen LogP contribution in [0.1, 0.15) is 6.92 Å². The average molecular weight is 290 g/mol. The van der Waals surface area contributed by atoms with E-state index in [1.807, 2.05) is 6.92 Å². The number of hydrogen-bond acceptors (Lipinski definition) is 3. The lowest BCUT2D eigenvalue weighted by Crippen LogP contribution is -2.31. The van der Waals surface area contributed by atoms with Gasteiger partial charge in [0.05, 0.1) is 12.3 Å². The van der Waals surface area contributed by atoms with Crippen molar-refractivity contribution in [3.8, 4) is 0 Å². The van der Waals surface area contributed by atoms with Crippen molar-refractivity contribution in [3.63, 3.8) is 0 Å². The Morgan fingerprint density at radius 2 is 2.16 bits per heavy atom. The molecule has 1 rings (SSSR count). The van der Waals surface area contributed by atoms with Gasteiger partial charge in [0.2, 0.25) is 0 Å². The molecule has 0 heterocycles. The molecule has 4 nitrogen and oxygen atoms in total. The fraction of sp³-hybridized carbons (Fsp3) is 0.417. The molecule has 0 radical (unpaired) electrons. The number of urea groups is 1. The molecule has 19 heavy (non-hydrogen) atoms. The van der Waals surface area contributed by atoms with Crippen LogP contribution < -0.4 is 10.6 Å². The molecule has 1 aromatic rings. The Morgan fingerprint density at radius 1 is 1.42 bits per heavy atom. The standard InChI is InChI=1S/C12H16F2N2O2S/c1-2-18-8-7-15-12(17)16-9-5-3-4-6-10(9)19-11(13)14/h3-6,11H,2,7-8H2,1H3,(H2,15,16,17). The fourth-order valence-electron chi connectivity index (χ4n) is 1.32. The first kappa shape index (κ1) is 15.7. The molecule has 0 aliphatic carbocycles. The van der Waals surface area contributed by atoms with E-state index < -0.39 is 11.8 Å². The molecule has 0 atom stereocenters. The highest BCUT2D eigenvalue weighted by atomic mass is 32.2. The van der Waals surface area contributed by atoms with Crippen LogP contribution >= 0.6 is 11.8 Å². The summed E-state index contributed by atoms with van der Waals surface area (Å²) in [6.07, 6.45) is 0. The highest BCUT2D eigenvalue weighted by Crippen LogP contribution is 2.31. The highest BCUT2D eigenvalue weighted by molar-refractivity contribution is 7.99. The molecule has 2 amide bonds. The first-order valence-corrected chi connectivity index (χ1v) is 6.68. The zero-order valence-electron chi connectivity index (χ0n) is 10.5. The molecule has 7 heteroatoms. The van der Waals surface area contributed by atoms with Gasteiger partial charge in [-0.2, -0.15) is 8.78 Å². The van der Waals surface area contributed by atoms with E-state index in [1.165, 1.54) is 6.07 Å². The van der Waals surface area contributed by atoms with Gasteiger partial charge in [-0.15, -0.1) is 0 Å². The Kier molecular flexibility index (Phi) is 7.20. The Hall–Kier alpha value is -1.34. The van der Waals surface area contributed by atoms with Gasteiger partial charge in [-0.3, -0.25) is 0 Å². The molecule has 0 aliphatic rings. The number of amides is 2. The molecule has 0 unspecified atom stereocenters. The Labute approximate surface area is 114 Å². The van der Waals surface area contributed by atoms with Crippen LogP contribution in [0.5, 0.6) is 0 Å². The lowest BCUT2D eigenvalue weighted by molar-refractivity contribution is 0.150. The van der Waals surface area contributed by atoms with E-state index in [4.69, 9.17) is 4.74 Å². The van der Waals surface area contributed by atoms with E-state index in [0.29, 0.717) is 42.1 Å². The van der Waals surface area contributed by atoms with Gasteiger partial charge < -0.3 is 15.4 Å². The van der Waals surface area contributed by atoms with Crippen molar-refractivity contribution < 1.29 is 18.3 Å². The Bertz CT molecular complexity index is 405. The molecule has 2 N–H and O–H groups in total. The van der Waals surface area contributed by atoms with Gasteiger partial charge in [0.1, 0.15) is 0 Å². The normalized spacial score (nSPS) is 10.5. The summed E-state index contributed by atoms with van der Waals surface area (Å²) in [5.74, 6) is -2.52. The molecule has 0 aromatic heterocycles. The zero-order valence-corrected chi connectivity index (χ0v) is 11.3. The number of thioether (sulfide) groups is 1. The van der Waals surface area contributed by atoms with Gasteiger partial charge in [-0.05, 0) is 19.1 Å². The number of benzene rings is 1. The minimum atomic E-state index is -2.52. The molecule has 0 spiro atoms. The fourth-order valence-corrected chi connectivity index (χ4v) is 1.91. The predicted molar refractivity (Wildman–Crippen MR) is 71.8 cm³/mol. The maximum atomic E-state index is 12.3. The number of ether oxygens (including phenoxy) is 1. The molecular formula is C12H16F2N2O2S.